The third-order valence-corrected chi connectivity index (χ3v) is 3.39. The molecular formula is C13H25N5OS. The van der Waals surface area contributed by atoms with Crippen molar-refractivity contribution in [2.75, 3.05) is 38.2 Å². The molecule has 1 heterocycles. The Hall–Kier alpha value is -1.34. The smallest absolute Gasteiger partial charge is 0.265 e. The molecule has 1 rings (SSSR count). The van der Waals surface area contributed by atoms with Crippen molar-refractivity contribution in [2.24, 2.45) is 0 Å². The highest BCUT2D eigenvalue weighted by Gasteiger charge is 2.18. The number of aromatic nitrogens is 1. The molecule has 0 aromatic carbocycles. The number of hydrogen-bond donors (Lipinski definition) is 3. The molecule has 0 aliphatic heterocycles. The fourth-order valence-electron chi connectivity index (χ4n) is 1.55. The summed E-state index contributed by atoms with van der Waals surface area (Å²) in [5.74, 6) is 0.132. The second kappa shape index (κ2) is 6.90. The predicted octanol–water partition coefficient (Wildman–Crippen LogP) is 1.62. The molecule has 7 heteroatoms. The molecule has 1 amide bonds. The predicted molar refractivity (Wildman–Crippen MR) is 85.4 cm³/mol. The minimum absolute atomic E-state index is 0.107. The first kappa shape index (κ1) is 16.7. The summed E-state index contributed by atoms with van der Waals surface area (Å²) < 4.78 is 0. The summed E-state index contributed by atoms with van der Waals surface area (Å²) >= 11 is 1.29. The summed E-state index contributed by atoms with van der Waals surface area (Å²) in [5, 5.41) is 6.76. The van der Waals surface area contributed by atoms with E-state index in [4.69, 9.17) is 5.73 Å². The number of rotatable bonds is 6. The van der Waals surface area contributed by atoms with E-state index in [1.165, 1.54) is 11.3 Å². The molecule has 1 aromatic heterocycles. The Morgan fingerprint density at radius 3 is 2.60 bits per heavy atom. The van der Waals surface area contributed by atoms with Crippen molar-refractivity contribution in [1.29, 1.82) is 0 Å². The first-order valence-electron chi connectivity index (χ1n) is 6.66. The lowest BCUT2D eigenvalue weighted by Gasteiger charge is -2.19. The maximum atomic E-state index is 12.0. The van der Waals surface area contributed by atoms with Crippen LogP contribution in [0.5, 0.6) is 0 Å². The van der Waals surface area contributed by atoms with Crippen molar-refractivity contribution in [2.45, 2.75) is 32.7 Å². The first-order chi connectivity index (χ1) is 9.19. The third-order valence-electron chi connectivity index (χ3n) is 2.41. The average Bonchev–Trinajstić information content (AvgIpc) is 2.62. The Morgan fingerprint density at radius 1 is 1.40 bits per heavy atom. The van der Waals surface area contributed by atoms with E-state index in [0.29, 0.717) is 16.6 Å². The maximum Gasteiger partial charge on any atom is 0.265 e. The number of nitrogen functional groups attached to an aromatic ring is 1. The molecule has 114 valence electrons. The van der Waals surface area contributed by atoms with E-state index < -0.39 is 0 Å². The fourth-order valence-corrected chi connectivity index (χ4v) is 2.56. The number of carbonyl (C=O) groups excluding carboxylic acids is 1. The zero-order valence-corrected chi connectivity index (χ0v) is 13.7. The standard InChI is InChI=1S/C13H25N5OS/c1-13(2,3)17-12-16-10(14)9(20-12)11(19)15-7-6-8-18(4)5/h6-8,14H2,1-5H3,(H,15,19)(H,16,17). The molecule has 0 spiro atoms. The molecule has 6 nitrogen and oxygen atoms in total. The quantitative estimate of drug-likeness (QED) is 0.695. The van der Waals surface area contributed by atoms with Crippen molar-refractivity contribution in [1.82, 2.24) is 15.2 Å². The molecule has 20 heavy (non-hydrogen) atoms. The van der Waals surface area contributed by atoms with E-state index in [1.54, 1.807) is 0 Å². The number of nitrogens with one attached hydrogen (secondary N) is 2. The van der Waals surface area contributed by atoms with Gasteiger partial charge in [-0.3, -0.25) is 4.79 Å². The largest absolute Gasteiger partial charge is 0.382 e. The Kier molecular flexibility index (Phi) is 5.76. The number of anilines is 2. The van der Waals surface area contributed by atoms with Crippen LogP contribution in [0, 0.1) is 0 Å². The van der Waals surface area contributed by atoms with E-state index in [-0.39, 0.29) is 17.3 Å². The number of amides is 1. The maximum absolute atomic E-state index is 12.0. The minimum Gasteiger partial charge on any atom is -0.382 e. The van der Waals surface area contributed by atoms with E-state index >= 15 is 0 Å². The molecule has 4 N–H and O–H groups in total. The Labute approximate surface area is 124 Å². The molecule has 0 atom stereocenters. The van der Waals surface area contributed by atoms with Crippen molar-refractivity contribution >= 4 is 28.2 Å². The normalized spacial score (nSPS) is 11.7. The zero-order valence-electron chi connectivity index (χ0n) is 12.9. The number of nitrogens with zero attached hydrogens (tertiary/aromatic N) is 2. The van der Waals surface area contributed by atoms with Gasteiger partial charge in [0, 0.05) is 12.1 Å². The fraction of sp³-hybridized carbons (Fsp3) is 0.692. The van der Waals surface area contributed by atoms with Crippen LogP contribution < -0.4 is 16.4 Å². The second-order valence-electron chi connectivity index (χ2n) is 6.02. The van der Waals surface area contributed by atoms with E-state index in [1.807, 2.05) is 34.9 Å². The highest BCUT2D eigenvalue weighted by atomic mass is 32.1. The van der Waals surface area contributed by atoms with Crippen LogP contribution >= 0.6 is 11.3 Å². The summed E-state index contributed by atoms with van der Waals surface area (Å²) in [4.78, 5) is 18.8. The lowest BCUT2D eigenvalue weighted by Crippen LogP contribution is -2.27. The van der Waals surface area contributed by atoms with E-state index in [0.717, 1.165) is 13.0 Å². The van der Waals surface area contributed by atoms with Gasteiger partial charge >= 0.3 is 0 Å². The van der Waals surface area contributed by atoms with Crippen molar-refractivity contribution in [3.05, 3.63) is 4.88 Å². The first-order valence-corrected chi connectivity index (χ1v) is 7.48. The van der Waals surface area contributed by atoms with Gasteiger partial charge < -0.3 is 21.3 Å². The summed E-state index contributed by atoms with van der Waals surface area (Å²) in [6.07, 6.45) is 0.907. The Bertz CT molecular complexity index is 450. The summed E-state index contributed by atoms with van der Waals surface area (Å²) in [6, 6.07) is 0. The molecule has 0 saturated heterocycles. The number of hydrogen-bond acceptors (Lipinski definition) is 6. The number of carbonyl (C=O) groups is 1. The minimum atomic E-state index is -0.152. The van der Waals surface area contributed by atoms with Gasteiger partial charge in [-0.15, -0.1) is 0 Å². The van der Waals surface area contributed by atoms with Crippen molar-refractivity contribution in [3.63, 3.8) is 0 Å². The topological polar surface area (TPSA) is 83.3 Å². The van der Waals surface area contributed by atoms with Crippen LogP contribution in [-0.4, -0.2) is 48.5 Å². The summed E-state index contributed by atoms with van der Waals surface area (Å²) in [5.41, 5.74) is 5.70. The summed E-state index contributed by atoms with van der Waals surface area (Å²) in [7, 11) is 4.01. The monoisotopic (exact) mass is 299 g/mol. The molecule has 0 bridgehead atoms. The third kappa shape index (κ3) is 5.75. The molecule has 0 saturated carbocycles. The highest BCUT2D eigenvalue weighted by molar-refractivity contribution is 7.18. The Morgan fingerprint density at radius 2 is 2.05 bits per heavy atom. The molecule has 0 unspecified atom stereocenters. The second-order valence-corrected chi connectivity index (χ2v) is 7.02. The van der Waals surface area contributed by atoms with Crippen LogP contribution in [0.2, 0.25) is 0 Å². The number of thiazole rings is 1. The Balaban J connectivity index is 2.56. The van der Waals surface area contributed by atoms with E-state index in [9.17, 15) is 4.79 Å². The van der Waals surface area contributed by atoms with E-state index in [2.05, 4.69) is 20.5 Å². The molecule has 0 aliphatic carbocycles. The van der Waals surface area contributed by atoms with Crippen LogP contribution in [0.1, 0.15) is 36.9 Å². The summed E-state index contributed by atoms with van der Waals surface area (Å²) in [6.45, 7) is 7.68. The van der Waals surface area contributed by atoms with Gasteiger partial charge in [-0.05, 0) is 47.8 Å². The lowest BCUT2D eigenvalue weighted by molar-refractivity contribution is 0.0957. The highest BCUT2D eigenvalue weighted by Crippen LogP contribution is 2.26. The van der Waals surface area contributed by atoms with Crippen LogP contribution in [0.3, 0.4) is 0 Å². The van der Waals surface area contributed by atoms with Crippen LogP contribution in [0.4, 0.5) is 10.9 Å². The van der Waals surface area contributed by atoms with Gasteiger partial charge in [0.15, 0.2) is 5.13 Å². The van der Waals surface area contributed by atoms with Crippen LogP contribution in [-0.2, 0) is 0 Å². The van der Waals surface area contributed by atoms with Crippen LogP contribution in [0.15, 0.2) is 0 Å². The van der Waals surface area contributed by atoms with Crippen molar-refractivity contribution < 1.29 is 4.79 Å². The van der Waals surface area contributed by atoms with Gasteiger partial charge in [-0.2, -0.15) is 0 Å². The van der Waals surface area contributed by atoms with Gasteiger partial charge in [0.25, 0.3) is 5.91 Å². The SMILES string of the molecule is CN(C)CCCNC(=O)c1sc(NC(C)(C)C)nc1N. The molecule has 0 radical (unpaired) electrons. The molecular weight excluding hydrogens is 274 g/mol. The van der Waals surface area contributed by atoms with Gasteiger partial charge in [0.1, 0.15) is 10.7 Å². The zero-order chi connectivity index (χ0) is 15.3. The van der Waals surface area contributed by atoms with Gasteiger partial charge in [-0.1, -0.05) is 11.3 Å². The van der Waals surface area contributed by atoms with Gasteiger partial charge in [-0.25, -0.2) is 4.98 Å². The van der Waals surface area contributed by atoms with Crippen LogP contribution in [0.25, 0.3) is 0 Å². The molecule has 0 fully saturated rings. The lowest BCUT2D eigenvalue weighted by atomic mass is 10.1. The average molecular weight is 299 g/mol. The molecule has 1 aromatic rings. The molecule has 0 aliphatic rings. The van der Waals surface area contributed by atoms with Crippen molar-refractivity contribution in [3.8, 4) is 0 Å². The number of nitrogens with two attached hydrogens (primary N) is 1. The van der Waals surface area contributed by atoms with Gasteiger partial charge in [0.05, 0.1) is 0 Å². The van der Waals surface area contributed by atoms with Gasteiger partial charge in [0.2, 0.25) is 0 Å².